The van der Waals surface area contributed by atoms with Crippen LogP contribution in [0.1, 0.15) is 46.4 Å². The lowest BCUT2D eigenvalue weighted by Crippen LogP contribution is -2.38. The maximum Gasteiger partial charge on any atom is 0.416 e. The van der Waals surface area contributed by atoms with Crippen LogP contribution in [-0.2, 0) is 17.5 Å². The summed E-state index contributed by atoms with van der Waals surface area (Å²) in [5.41, 5.74) is 0.977. The van der Waals surface area contributed by atoms with Gasteiger partial charge >= 0.3 is 6.18 Å². The van der Waals surface area contributed by atoms with Crippen LogP contribution >= 0.6 is 23.2 Å². The third kappa shape index (κ3) is 4.79. The molecular formula is C24H22Cl2F3N3O2. The zero-order chi connectivity index (χ0) is 24.6. The van der Waals surface area contributed by atoms with Crippen LogP contribution in [-0.4, -0.2) is 40.0 Å². The second-order valence-corrected chi connectivity index (χ2v) is 9.28. The molecule has 2 heterocycles. The second kappa shape index (κ2) is 9.58. The molecule has 34 heavy (non-hydrogen) atoms. The number of halogens is 5. The van der Waals surface area contributed by atoms with Crippen molar-refractivity contribution in [1.82, 2.24) is 14.7 Å². The Morgan fingerprint density at radius 3 is 2.53 bits per heavy atom. The van der Waals surface area contributed by atoms with Crippen molar-refractivity contribution in [2.75, 3.05) is 13.1 Å². The number of aromatic nitrogens is 2. The predicted molar refractivity (Wildman–Crippen MR) is 124 cm³/mol. The molecule has 1 saturated heterocycles. The van der Waals surface area contributed by atoms with E-state index in [1.54, 1.807) is 24.0 Å². The number of amides is 1. The lowest BCUT2D eigenvalue weighted by molar-refractivity contribution is -0.137. The number of hydrogen-bond acceptors (Lipinski definition) is 3. The van der Waals surface area contributed by atoms with Crippen molar-refractivity contribution in [3.8, 4) is 0 Å². The summed E-state index contributed by atoms with van der Waals surface area (Å²) < 4.78 is 40.9. The van der Waals surface area contributed by atoms with E-state index >= 15 is 0 Å². The number of alkyl halides is 3. The molecule has 0 spiro atoms. The Morgan fingerprint density at radius 1 is 1.18 bits per heavy atom. The molecule has 180 valence electrons. The van der Waals surface area contributed by atoms with Gasteiger partial charge in [0, 0.05) is 35.5 Å². The average Bonchev–Trinajstić information content (AvgIpc) is 3.11. The van der Waals surface area contributed by atoms with Crippen molar-refractivity contribution < 1.29 is 22.8 Å². The number of hydrogen-bond donors (Lipinski definition) is 0. The first-order valence-corrected chi connectivity index (χ1v) is 11.6. The largest absolute Gasteiger partial charge is 0.416 e. The SMILES string of the molecule is Cc1nn(Cc2c(Cl)ccc(C(=O)N3CCC(CC=O)CC3)c2Cl)c2ccc(C(F)(F)F)cc12. The van der Waals surface area contributed by atoms with Gasteiger partial charge in [0.05, 0.1) is 33.9 Å². The monoisotopic (exact) mass is 511 g/mol. The number of rotatable bonds is 5. The first-order chi connectivity index (χ1) is 16.1. The second-order valence-electron chi connectivity index (χ2n) is 8.50. The Balaban J connectivity index is 1.63. The van der Waals surface area contributed by atoms with Crippen LogP contribution in [0, 0.1) is 12.8 Å². The molecule has 10 heteroatoms. The quantitative estimate of drug-likeness (QED) is 0.385. The first kappa shape index (κ1) is 24.5. The van der Waals surface area contributed by atoms with Gasteiger partial charge < -0.3 is 9.69 Å². The van der Waals surface area contributed by atoms with Crippen LogP contribution in [0.3, 0.4) is 0 Å². The summed E-state index contributed by atoms with van der Waals surface area (Å²) in [5.74, 6) is 0.0655. The molecule has 1 aliphatic rings. The summed E-state index contributed by atoms with van der Waals surface area (Å²) in [6.45, 7) is 2.80. The summed E-state index contributed by atoms with van der Waals surface area (Å²) >= 11 is 13.0. The fourth-order valence-corrected chi connectivity index (χ4v) is 4.94. The molecule has 0 unspecified atom stereocenters. The maximum atomic E-state index is 13.1. The summed E-state index contributed by atoms with van der Waals surface area (Å²) in [6, 6.07) is 6.63. The minimum absolute atomic E-state index is 0.0932. The van der Waals surface area contributed by atoms with E-state index in [2.05, 4.69) is 5.10 Å². The highest BCUT2D eigenvalue weighted by Gasteiger charge is 2.31. The molecule has 1 amide bonds. The molecule has 1 fully saturated rings. The van der Waals surface area contributed by atoms with E-state index < -0.39 is 11.7 Å². The van der Waals surface area contributed by atoms with Crippen molar-refractivity contribution in [3.63, 3.8) is 0 Å². The predicted octanol–water partition coefficient (Wildman–Crippen LogP) is 6.16. The van der Waals surface area contributed by atoms with Crippen LogP contribution in [0.2, 0.25) is 10.0 Å². The third-order valence-corrected chi connectivity index (χ3v) is 7.10. The molecule has 1 aromatic heterocycles. The van der Waals surface area contributed by atoms with E-state index in [1.807, 2.05) is 0 Å². The number of fused-ring (bicyclic) bond motifs is 1. The van der Waals surface area contributed by atoms with Gasteiger partial charge in [-0.15, -0.1) is 0 Å². The summed E-state index contributed by atoms with van der Waals surface area (Å²) in [4.78, 5) is 25.6. The van der Waals surface area contributed by atoms with Crippen molar-refractivity contribution in [3.05, 3.63) is 62.8 Å². The smallest absolute Gasteiger partial charge is 0.339 e. The number of piperidine rings is 1. The zero-order valence-electron chi connectivity index (χ0n) is 18.3. The van der Waals surface area contributed by atoms with E-state index in [9.17, 15) is 22.8 Å². The molecule has 5 nitrogen and oxygen atoms in total. The highest BCUT2D eigenvalue weighted by molar-refractivity contribution is 6.38. The van der Waals surface area contributed by atoms with Gasteiger partial charge in [-0.2, -0.15) is 18.3 Å². The first-order valence-electron chi connectivity index (χ1n) is 10.8. The molecule has 0 N–H and O–H groups in total. The normalized spacial score (nSPS) is 15.2. The Kier molecular flexibility index (Phi) is 6.92. The van der Waals surface area contributed by atoms with Crippen LogP contribution in [0.4, 0.5) is 13.2 Å². The molecule has 1 aliphatic heterocycles. The number of carbonyl (C=O) groups is 2. The zero-order valence-corrected chi connectivity index (χ0v) is 19.8. The summed E-state index contributed by atoms with van der Waals surface area (Å²) in [7, 11) is 0. The Hall–Kier alpha value is -2.58. The van der Waals surface area contributed by atoms with Gasteiger partial charge in [-0.1, -0.05) is 23.2 Å². The number of aryl methyl sites for hydroxylation is 1. The van der Waals surface area contributed by atoms with Crippen LogP contribution in [0.15, 0.2) is 30.3 Å². The van der Waals surface area contributed by atoms with Gasteiger partial charge in [0.25, 0.3) is 5.91 Å². The van der Waals surface area contributed by atoms with Crippen molar-refractivity contribution in [2.45, 2.75) is 38.9 Å². The molecule has 0 atom stereocenters. The van der Waals surface area contributed by atoms with E-state index in [0.717, 1.165) is 31.3 Å². The molecule has 0 aliphatic carbocycles. The van der Waals surface area contributed by atoms with E-state index in [4.69, 9.17) is 23.2 Å². The van der Waals surface area contributed by atoms with E-state index in [-0.39, 0.29) is 23.4 Å². The highest BCUT2D eigenvalue weighted by atomic mass is 35.5. The van der Waals surface area contributed by atoms with Crippen molar-refractivity contribution in [1.29, 1.82) is 0 Å². The third-order valence-electron chi connectivity index (χ3n) is 6.32. The number of aldehydes is 1. The van der Waals surface area contributed by atoms with Crippen molar-refractivity contribution >= 4 is 46.3 Å². The summed E-state index contributed by atoms with van der Waals surface area (Å²) in [6.07, 6.45) is -1.54. The number of carbonyl (C=O) groups excluding carboxylic acids is 2. The van der Waals surface area contributed by atoms with E-state index in [0.29, 0.717) is 52.3 Å². The molecule has 2 aromatic carbocycles. The van der Waals surface area contributed by atoms with Gasteiger partial charge in [0.2, 0.25) is 0 Å². The topological polar surface area (TPSA) is 55.2 Å². The standard InChI is InChI=1S/C24H22Cl2F3N3O2/c1-14-18-12-16(24(27,28)29)2-5-21(18)32(30-14)13-19-20(25)4-3-17(22(19)26)23(34)31-9-6-15(7-10-31)8-11-33/h2-5,11-12,15H,6-10,13H2,1H3. The van der Waals surface area contributed by atoms with Crippen LogP contribution in [0.5, 0.6) is 0 Å². The number of nitrogens with zero attached hydrogens (tertiary/aromatic N) is 3. The minimum atomic E-state index is -4.45. The number of benzene rings is 2. The van der Waals surface area contributed by atoms with Gasteiger partial charge in [-0.3, -0.25) is 9.48 Å². The lowest BCUT2D eigenvalue weighted by Gasteiger charge is -2.31. The fraction of sp³-hybridized carbons (Fsp3) is 0.375. The molecule has 0 bridgehead atoms. The van der Waals surface area contributed by atoms with Crippen LogP contribution in [0.25, 0.3) is 10.9 Å². The van der Waals surface area contributed by atoms with Crippen LogP contribution < -0.4 is 0 Å². The van der Waals surface area contributed by atoms with Crippen molar-refractivity contribution in [2.24, 2.45) is 5.92 Å². The minimum Gasteiger partial charge on any atom is -0.339 e. The van der Waals surface area contributed by atoms with Gasteiger partial charge in [0.15, 0.2) is 0 Å². The van der Waals surface area contributed by atoms with Gasteiger partial charge in [0.1, 0.15) is 6.29 Å². The molecular weight excluding hydrogens is 490 g/mol. The molecule has 0 saturated carbocycles. The molecule has 4 rings (SSSR count). The highest BCUT2D eigenvalue weighted by Crippen LogP contribution is 2.34. The molecule has 3 aromatic rings. The molecule has 0 radical (unpaired) electrons. The fourth-order valence-electron chi connectivity index (χ4n) is 4.37. The van der Waals surface area contributed by atoms with Gasteiger partial charge in [-0.05, 0) is 56.0 Å². The Morgan fingerprint density at radius 2 is 1.88 bits per heavy atom. The Bertz CT molecular complexity index is 1250. The maximum absolute atomic E-state index is 13.1. The Labute approximate surface area is 204 Å². The number of likely N-dealkylation sites (tertiary alicyclic amines) is 1. The van der Waals surface area contributed by atoms with E-state index in [1.165, 1.54) is 10.7 Å². The van der Waals surface area contributed by atoms with Gasteiger partial charge in [-0.25, -0.2) is 0 Å². The lowest BCUT2D eigenvalue weighted by atomic mass is 9.94. The summed E-state index contributed by atoms with van der Waals surface area (Å²) in [5, 5.41) is 5.30. The average molecular weight is 512 g/mol.